The van der Waals surface area contributed by atoms with Crippen LogP contribution in [0.4, 0.5) is 13.2 Å². The topological polar surface area (TPSA) is 85.8 Å². The van der Waals surface area contributed by atoms with Crippen LogP contribution in [0.1, 0.15) is 22.8 Å². The molecule has 2 amide bonds. The summed E-state index contributed by atoms with van der Waals surface area (Å²) in [5.41, 5.74) is 1.49. The summed E-state index contributed by atoms with van der Waals surface area (Å²) in [6.45, 7) is 1.13. The molecule has 1 aromatic rings. The predicted octanol–water partition coefficient (Wildman–Crippen LogP) is 1.16. The van der Waals surface area contributed by atoms with Crippen molar-refractivity contribution in [3.63, 3.8) is 0 Å². The average molecular weight is 401 g/mol. The van der Waals surface area contributed by atoms with Crippen molar-refractivity contribution in [3.8, 4) is 0 Å². The molecule has 0 unspecified atom stereocenters. The Bertz CT molecular complexity index is 692. The number of nitrogens with one attached hydrogen (secondary N) is 3. The molecule has 0 atom stereocenters. The van der Waals surface area contributed by atoms with Gasteiger partial charge in [0.1, 0.15) is 13.1 Å². The van der Waals surface area contributed by atoms with E-state index in [0.29, 0.717) is 35.9 Å². The number of carbonyl (C=O) groups excluding carboxylic acids is 2. The van der Waals surface area contributed by atoms with Gasteiger partial charge in [-0.15, -0.1) is 0 Å². The zero-order chi connectivity index (χ0) is 21.2. The second-order valence-electron chi connectivity index (χ2n) is 6.02. The van der Waals surface area contributed by atoms with E-state index in [9.17, 15) is 22.8 Å². The van der Waals surface area contributed by atoms with E-state index in [0.717, 1.165) is 12.6 Å². The van der Waals surface area contributed by atoms with Gasteiger partial charge in [0, 0.05) is 32.7 Å². The van der Waals surface area contributed by atoms with Crippen molar-refractivity contribution in [2.24, 2.45) is 4.99 Å². The summed E-state index contributed by atoms with van der Waals surface area (Å²) in [5.74, 6) is -0.572. The normalized spacial score (nSPS) is 11.7. The summed E-state index contributed by atoms with van der Waals surface area (Å²) in [5, 5.41) is 8.51. The molecule has 0 spiro atoms. The lowest BCUT2D eigenvalue weighted by Gasteiger charge is -2.18. The van der Waals surface area contributed by atoms with E-state index >= 15 is 0 Å². The average Bonchev–Trinajstić information content (AvgIpc) is 2.64. The number of amides is 2. The minimum Gasteiger partial charge on any atom is -0.357 e. The SMILES string of the molecule is CCNC(=NCC(=O)N(C)CC(F)(F)F)NCCc1cccc(C(=O)NC)c1. The first-order chi connectivity index (χ1) is 13.2. The van der Waals surface area contributed by atoms with Crippen molar-refractivity contribution in [2.45, 2.75) is 19.5 Å². The van der Waals surface area contributed by atoms with Crippen molar-refractivity contribution >= 4 is 17.8 Å². The van der Waals surface area contributed by atoms with Gasteiger partial charge in [-0.05, 0) is 31.0 Å². The van der Waals surface area contributed by atoms with E-state index in [-0.39, 0.29) is 5.91 Å². The lowest BCUT2D eigenvalue weighted by molar-refractivity contribution is -0.157. The standard InChI is InChI=1S/C18H26F3N5O2/c1-4-23-17(25-11-15(27)26(3)12-18(19,20)21)24-9-8-13-6-5-7-14(10-13)16(28)22-2/h5-7,10H,4,8-9,11-12H2,1-3H3,(H,22,28)(H2,23,24,25). The number of rotatable bonds is 8. The first-order valence-electron chi connectivity index (χ1n) is 8.80. The second-order valence-corrected chi connectivity index (χ2v) is 6.02. The third-order valence-corrected chi connectivity index (χ3v) is 3.68. The molecule has 0 radical (unpaired) electrons. The maximum absolute atomic E-state index is 12.3. The Labute approximate surface area is 162 Å². The highest BCUT2D eigenvalue weighted by Gasteiger charge is 2.31. The monoisotopic (exact) mass is 401 g/mol. The molecule has 1 aromatic carbocycles. The molecule has 156 valence electrons. The van der Waals surface area contributed by atoms with E-state index < -0.39 is 25.2 Å². The molecule has 0 bridgehead atoms. The van der Waals surface area contributed by atoms with E-state index in [1.807, 2.05) is 13.0 Å². The summed E-state index contributed by atoms with van der Waals surface area (Å²) >= 11 is 0. The third-order valence-electron chi connectivity index (χ3n) is 3.68. The van der Waals surface area contributed by atoms with Crippen LogP contribution in [0.2, 0.25) is 0 Å². The minimum absolute atomic E-state index is 0.175. The third kappa shape index (κ3) is 8.74. The van der Waals surface area contributed by atoms with Gasteiger partial charge in [0.05, 0.1) is 0 Å². The Hall–Kier alpha value is -2.78. The van der Waals surface area contributed by atoms with Crippen LogP contribution < -0.4 is 16.0 Å². The van der Waals surface area contributed by atoms with E-state index in [1.165, 1.54) is 0 Å². The number of aliphatic imine (C=N–C) groups is 1. The Morgan fingerprint density at radius 2 is 1.93 bits per heavy atom. The number of benzene rings is 1. The van der Waals surface area contributed by atoms with E-state index in [2.05, 4.69) is 20.9 Å². The summed E-state index contributed by atoms with van der Waals surface area (Å²) < 4.78 is 37.0. The van der Waals surface area contributed by atoms with Crippen molar-refractivity contribution in [2.75, 3.05) is 40.3 Å². The molecule has 3 N–H and O–H groups in total. The first-order valence-corrected chi connectivity index (χ1v) is 8.80. The molecule has 0 aliphatic rings. The van der Waals surface area contributed by atoms with Crippen LogP contribution in [0.3, 0.4) is 0 Å². The summed E-state index contributed by atoms with van der Waals surface area (Å²) in [7, 11) is 2.65. The first kappa shape index (κ1) is 23.3. The molecular weight excluding hydrogens is 375 g/mol. The van der Waals surface area contributed by atoms with E-state index in [4.69, 9.17) is 0 Å². The zero-order valence-corrected chi connectivity index (χ0v) is 16.2. The Morgan fingerprint density at radius 3 is 2.54 bits per heavy atom. The molecule has 0 fully saturated rings. The van der Waals surface area contributed by atoms with Gasteiger partial charge < -0.3 is 20.9 Å². The van der Waals surface area contributed by atoms with Crippen LogP contribution in [0.15, 0.2) is 29.3 Å². The van der Waals surface area contributed by atoms with Gasteiger partial charge in [0.25, 0.3) is 5.91 Å². The van der Waals surface area contributed by atoms with Crippen LogP contribution in [0, 0.1) is 0 Å². The number of nitrogens with zero attached hydrogens (tertiary/aromatic N) is 2. The number of guanidine groups is 1. The van der Waals surface area contributed by atoms with Crippen LogP contribution in [0.5, 0.6) is 0 Å². The molecular formula is C18H26F3N5O2. The Balaban J connectivity index is 2.59. The molecule has 0 heterocycles. The van der Waals surface area contributed by atoms with Gasteiger partial charge in [-0.2, -0.15) is 13.2 Å². The van der Waals surface area contributed by atoms with Crippen molar-refractivity contribution in [3.05, 3.63) is 35.4 Å². The number of carbonyl (C=O) groups is 2. The van der Waals surface area contributed by atoms with Crippen molar-refractivity contribution in [1.82, 2.24) is 20.9 Å². The molecule has 0 aromatic heterocycles. The highest BCUT2D eigenvalue weighted by molar-refractivity contribution is 5.94. The number of hydrogen-bond acceptors (Lipinski definition) is 3. The fourth-order valence-electron chi connectivity index (χ4n) is 2.30. The van der Waals surface area contributed by atoms with Gasteiger partial charge >= 0.3 is 6.18 Å². The van der Waals surface area contributed by atoms with Crippen LogP contribution >= 0.6 is 0 Å². The highest BCUT2D eigenvalue weighted by atomic mass is 19.4. The van der Waals surface area contributed by atoms with Gasteiger partial charge in [0.2, 0.25) is 5.91 Å². The molecule has 1 rings (SSSR count). The lowest BCUT2D eigenvalue weighted by atomic mass is 10.1. The molecule has 0 aliphatic heterocycles. The Morgan fingerprint density at radius 1 is 1.21 bits per heavy atom. The zero-order valence-electron chi connectivity index (χ0n) is 16.2. The van der Waals surface area contributed by atoms with Crippen LogP contribution in [-0.2, 0) is 11.2 Å². The minimum atomic E-state index is -4.44. The largest absolute Gasteiger partial charge is 0.406 e. The van der Waals surface area contributed by atoms with Gasteiger partial charge in [0.15, 0.2) is 5.96 Å². The predicted molar refractivity (Wildman–Crippen MR) is 101 cm³/mol. The molecule has 10 heteroatoms. The van der Waals surface area contributed by atoms with Crippen LogP contribution in [-0.4, -0.2) is 69.1 Å². The maximum Gasteiger partial charge on any atom is 0.406 e. The van der Waals surface area contributed by atoms with Crippen LogP contribution in [0.25, 0.3) is 0 Å². The highest BCUT2D eigenvalue weighted by Crippen LogP contribution is 2.15. The van der Waals surface area contributed by atoms with Gasteiger partial charge in [-0.1, -0.05) is 12.1 Å². The molecule has 0 aliphatic carbocycles. The lowest BCUT2D eigenvalue weighted by Crippen LogP contribution is -2.40. The number of halogens is 3. The molecule has 28 heavy (non-hydrogen) atoms. The molecule has 0 saturated heterocycles. The molecule has 7 nitrogen and oxygen atoms in total. The second kappa shape index (κ2) is 11.2. The fourth-order valence-corrected chi connectivity index (χ4v) is 2.30. The van der Waals surface area contributed by atoms with Crippen molar-refractivity contribution < 1.29 is 22.8 Å². The summed E-state index contributed by atoms with van der Waals surface area (Å²) in [4.78, 5) is 28.1. The summed E-state index contributed by atoms with van der Waals surface area (Å²) in [6.07, 6.45) is -3.85. The quantitative estimate of drug-likeness (QED) is 0.451. The maximum atomic E-state index is 12.3. The smallest absolute Gasteiger partial charge is 0.357 e. The van der Waals surface area contributed by atoms with Crippen molar-refractivity contribution in [1.29, 1.82) is 0 Å². The number of likely N-dealkylation sites (N-methyl/N-ethyl adjacent to an activating group) is 1. The Kier molecular flexibility index (Phi) is 9.26. The number of alkyl halides is 3. The summed E-state index contributed by atoms with van der Waals surface area (Å²) in [6, 6.07) is 7.16. The van der Waals surface area contributed by atoms with Gasteiger partial charge in [-0.25, -0.2) is 4.99 Å². The fraction of sp³-hybridized carbons (Fsp3) is 0.500. The number of hydrogen-bond donors (Lipinski definition) is 3. The molecule has 0 saturated carbocycles. The van der Waals surface area contributed by atoms with E-state index in [1.54, 1.807) is 25.2 Å². The van der Waals surface area contributed by atoms with Gasteiger partial charge in [-0.3, -0.25) is 9.59 Å².